The Labute approximate surface area is 131 Å². The molecular formula is C18H24O4. The van der Waals surface area contributed by atoms with Crippen LogP contribution in [0.1, 0.15) is 43.7 Å². The molecule has 1 aromatic rings. The molecule has 0 heterocycles. The highest BCUT2D eigenvalue weighted by Crippen LogP contribution is 2.33. The highest BCUT2D eigenvalue weighted by molar-refractivity contribution is 5.83. The zero-order valence-electron chi connectivity index (χ0n) is 13.6. The van der Waals surface area contributed by atoms with E-state index in [1.807, 2.05) is 32.0 Å². The topological polar surface area (TPSA) is 52.6 Å². The molecule has 1 fully saturated rings. The Kier molecular flexibility index (Phi) is 5.58. The van der Waals surface area contributed by atoms with E-state index in [2.05, 4.69) is 0 Å². The molecule has 1 aliphatic rings. The monoisotopic (exact) mass is 304 g/mol. The third kappa shape index (κ3) is 3.87. The number of esters is 2. The Bertz CT molecular complexity index is 550. The summed E-state index contributed by atoms with van der Waals surface area (Å²) >= 11 is 0. The Morgan fingerprint density at radius 1 is 1.09 bits per heavy atom. The standard InChI is InChI=1S/C18H24O4/c1-4-21-17(19)14-7-5-6-8-15(14)18(20)22-16-11-12(2)9-10-13(16)3/h9-11,14-15H,4-8H2,1-3H3. The Morgan fingerprint density at radius 3 is 2.36 bits per heavy atom. The van der Waals surface area contributed by atoms with Gasteiger partial charge in [-0.1, -0.05) is 25.0 Å². The van der Waals surface area contributed by atoms with Gasteiger partial charge < -0.3 is 9.47 Å². The second-order valence-electron chi connectivity index (χ2n) is 5.94. The summed E-state index contributed by atoms with van der Waals surface area (Å²) in [6, 6.07) is 5.77. The van der Waals surface area contributed by atoms with Gasteiger partial charge in [0.25, 0.3) is 0 Å². The van der Waals surface area contributed by atoms with Gasteiger partial charge in [-0.15, -0.1) is 0 Å². The third-order valence-corrected chi connectivity index (χ3v) is 4.21. The number of aryl methyl sites for hydroxylation is 2. The Morgan fingerprint density at radius 2 is 1.73 bits per heavy atom. The summed E-state index contributed by atoms with van der Waals surface area (Å²) in [5, 5.41) is 0. The lowest BCUT2D eigenvalue weighted by Gasteiger charge is -2.28. The summed E-state index contributed by atoms with van der Waals surface area (Å²) in [5.41, 5.74) is 1.96. The van der Waals surface area contributed by atoms with Crippen molar-refractivity contribution in [3.8, 4) is 5.75 Å². The van der Waals surface area contributed by atoms with Gasteiger partial charge in [0.15, 0.2) is 0 Å². The first kappa shape index (κ1) is 16.5. The normalized spacial score (nSPS) is 21.2. The molecule has 2 atom stereocenters. The van der Waals surface area contributed by atoms with E-state index in [1.54, 1.807) is 6.92 Å². The minimum atomic E-state index is -0.396. The minimum absolute atomic E-state index is 0.273. The molecule has 1 aliphatic carbocycles. The second-order valence-corrected chi connectivity index (χ2v) is 5.94. The lowest BCUT2D eigenvalue weighted by Crippen LogP contribution is -2.36. The molecular weight excluding hydrogens is 280 g/mol. The molecule has 0 spiro atoms. The molecule has 0 aliphatic heterocycles. The number of benzene rings is 1. The van der Waals surface area contributed by atoms with Crippen molar-refractivity contribution < 1.29 is 19.1 Å². The van der Waals surface area contributed by atoms with Crippen molar-refractivity contribution in [2.45, 2.75) is 46.5 Å². The highest BCUT2D eigenvalue weighted by Gasteiger charge is 2.38. The van der Waals surface area contributed by atoms with E-state index >= 15 is 0 Å². The van der Waals surface area contributed by atoms with Gasteiger partial charge in [0.1, 0.15) is 5.75 Å². The average Bonchev–Trinajstić information content (AvgIpc) is 2.51. The molecule has 2 rings (SSSR count). The highest BCUT2D eigenvalue weighted by atomic mass is 16.5. The maximum atomic E-state index is 12.5. The van der Waals surface area contributed by atoms with E-state index in [0.29, 0.717) is 25.2 Å². The van der Waals surface area contributed by atoms with Crippen LogP contribution in [0.4, 0.5) is 0 Å². The molecule has 1 saturated carbocycles. The van der Waals surface area contributed by atoms with E-state index < -0.39 is 5.92 Å². The summed E-state index contributed by atoms with van der Waals surface area (Å²) in [6.45, 7) is 5.99. The molecule has 22 heavy (non-hydrogen) atoms. The van der Waals surface area contributed by atoms with Crippen LogP contribution in [0.2, 0.25) is 0 Å². The van der Waals surface area contributed by atoms with E-state index in [0.717, 1.165) is 24.0 Å². The molecule has 120 valence electrons. The van der Waals surface area contributed by atoms with Crippen LogP contribution >= 0.6 is 0 Å². The van der Waals surface area contributed by atoms with Crippen LogP contribution in [0.5, 0.6) is 5.75 Å². The van der Waals surface area contributed by atoms with E-state index in [4.69, 9.17) is 9.47 Å². The van der Waals surface area contributed by atoms with Gasteiger partial charge in [0.2, 0.25) is 0 Å². The molecule has 4 nitrogen and oxygen atoms in total. The van der Waals surface area contributed by atoms with Crippen molar-refractivity contribution in [2.75, 3.05) is 6.61 Å². The fraction of sp³-hybridized carbons (Fsp3) is 0.556. The number of hydrogen-bond donors (Lipinski definition) is 0. The molecule has 0 N–H and O–H groups in total. The predicted octanol–water partition coefficient (Wildman–Crippen LogP) is 3.58. The summed E-state index contributed by atoms with van der Waals surface area (Å²) < 4.78 is 10.7. The van der Waals surface area contributed by atoms with Crippen LogP contribution in [0.3, 0.4) is 0 Å². The van der Waals surface area contributed by atoms with Gasteiger partial charge in [0.05, 0.1) is 18.4 Å². The van der Waals surface area contributed by atoms with Crippen molar-refractivity contribution in [1.82, 2.24) is 0 Å². The van der Waals surface area contributed by atoms with Gasteiger partial charge in [-0.3, -0.25) is 9.59 Å². The van der Waals surface area contributed by atoms with Gasteiger partial charge in [-0.25, -0.2) is 0 Å². The number of ether oxygens (including phenoxy) is 2. The summed E-state index contributed by atoms with van der Waals surface area (Å²) in [6.07, 6.45) is 3.29. The van der Waals surface area contributed by atoms with Gasteiger partial charge in [0, 0.05) is 0 Å². The number of carbonyl (C=O) groups excluding carboxylic acids is 2. The first-order valence-corrected chi connectivity index (χ1v) is 7.98. The third-order valence-electron chi connectivity index (χ3n) is 4.21. The summed E-state index contributed by atoms with van der Waals surface area (Å²) in [5.74, 6) is -0.770. The molecule has 4 heteroatoms. The van der Waals surface area contributed by atoms with E-state index in [1.165, 1.54) is 0 Å². The maximum Gasteiger partial charge on any atom is 0.315 e. The van der Waals surface area contributed by atoms with Gasteiger partial charge >= 0.3 is 11.9 Å². The molecule has 0 bridgehead atoms. The van der Waals surface area contributed by atoms with Crippen molar-refractivity contribution in [3.05, 3.63) is 29.3 Å². The fourth-order valence-electron chi connectivity index (χ4n) is 2.95. The van der Waals surface area contributed by atoms with Crippen LogP contribution in [0, 0.1) is 25.7 Å². The van der Waals surface area contributed by atoms with E-state index in [9.17, 15) is 9.59 Å². The van der Waals surface area contributed by atoms with Crippen LogP contribution in [0.25, 0.3) is 0 Å². The van der Waals surface area contributed by atoms with Crippen molar-refractivity contribution >= 4 is 11.9 Å². The lowest BCUT2D eigenvalue weighted by molar-refractivity contribution is -0.158. The second kappa shape index (κ2) is 7.43. The summed E-state index contributed by atoms with van der Waals surface area (Å²) in [4.78, 5) is 24.6. The largest absolute Gasteiger partial charge is 0.466 e. The maximum absolute atomic E-state index is 12.5. The molecule has 2 unspecified atom stereocenters. The van der Waals surface area contributed by atoms with Crippen LogP contribution in [-0.2, 0) is 14.3 Å². The summed E-state index contributed by atoms with van der Waals surface area (Å²) in [7, 11) is 0. The lowest BCUT2D eigenvalue weighted by atomic mass is 9.79. The Hall–Kier alpha value is -1.84. The van der Waals surface area contributed by atoms with Crippen molar-refractivity contribution in [2.24, 2.45) is 11.8 Å². The Balaban J connectivity index is 2.12. The van der Waals surface area contributed by atoms with Crippen LogP contribution in [0.15, 0.2) is 18.2 Å². The first-order chi connectivity index (χ1) is 10.5. The minimum Gasteiger partial charge on any atom is -0.466 e. The van der Waals surface area contributed by atoms with Gasteiger partial charge in [-0.05, 0) is 50.8 Å². The first-order valence-electron chi connectivity index (χ1n) is 7.98. The quantitative estimate of drug-likeness (QED) is 0.630. The van der Waals surface area contributed by atoms with Crippen LogP contribution < -0.4 is 4.74 Å². The SMILES string of the molecule is CCOC(=O)C1CCCCC1C(=O)Oc1cc(C)ccc1C. The number of rotatable bonds is 4. The zero-order chi connectivity index (χ0) is 16.1. The number of hydrogen-bond acceptors (Lipinski definition) is 4. The average molecular weight is 304 g/mol. The molecule has 0 radical (unpaired) electrons. The predicted molar refractivity (Wildman–Crippen MR) is 83.6 cm³/mol. The van der Waals surface area contributed by atoms with E-state index in [-0.39, 0.29) is 17.9 Å². The van der Waals surface area contributed by atoms with Gasteiger partial charge in [-0.2, -0.15) is 0 Å². The number of carbonyl (C=O) groups is 2. The molecule has 0 amide bonds. The molecule has 0 aromatic heterocycles. The van der Waals surface area contributed by atoms with Crippen LogP contribution in [-0.4, -0.2) is 18.5 Å². The molecule has 0 saturated heterocycles. The molecule has 1 aromatic carbocycles. The van der Waals surface area contributed by atoms with Crippen molar-refractivity contribution in [3.63, 3.8) is 0 Å². The smallest absolute Gasteiger partial charge is 0.315 e. The fourth-order valence-corrected chi connectivity index (χ4v) is 2.95. The van der Waals surface area contributed by atoms with Crippen molar-refractivity contribution in [1.29, 1.82) is 0 Å². The zero-order valence-corrected chi connectivity index (χ0v) is 13.6.